The van der Waals surface area contributed by atoms with E-state index in [0.29, 0.717) is 21.6 Å². The van der Waals surface area contributed by atoms with Gasteiger partial charge in [0.05, 0.1) is 0 Å². The standard InChI is InChI=1S/C23H33N7O2S2/c24-34(31,32)22-20(33-18-9-13-26-14-10-18)6-5-19(21(22)23-27-29-30-28-23)17-3-1-15(2-4-17)16-7-11-25-12-8-16/h1-6,16,18,23,25-30H,7-14H2,(H2,24,31,32). The lowest BCUT2D eigenvalue weighted by atomic mass is 9.88. The molecule has 3 saturated heterocycles. The highest BCUT2D eigenvalue weighted by molar-refractivity contribution is 8.00. The Morgan fingerprint density at radius 3 is 2.06 bits per heavy atom. The number of benzene rings is 2. The second-order valence-electron chi connectivity index (χ2n) is 9.08. The van der Waals surface area contributed by atoms with Crippen LogP contribution in [0.3, 0.4) is 0 Å². The van der Waals surface area contributed by atoms with E-state index in [1.165, 1.54) is 5.56 Å². The summed E-state index contributed by atoms with van der Waals surface area (Å²) in [5.74, 6) is 0.560. The number of nitrogens with two attached hydrogens (primary N) is 1. The predicted molar refractivity (Wildman–Crippen MR) is 135 cm³/mol. The molecule has 34 heavy (non-hydrogen) atoms. The van der Waals surface area contributed by atoms with Crippen LogP contribution in [-0.2, 0) is 10.0 Å². The third-order valence-corrected chi connectivity index (χ3v) is 9.38. The zero-order chi connectivity index (χ0) is 23.5. The van der Waals surface area contributed by atoms with Crippen LogP contribution in [0.5, 0.6) is 0 Å². The Morgan fingerprint density at radius 2 is 1.44 bits per heavy atom. The Labute approximate surface area is 205 Å². The molecule has 9 nitrogen and oxygen atoms in total. The average Bonchev–Trinajstić information content (AvgIpc) is 3.39. The van der Waals surface area contributed by atoms with E-state index in [1.54, 1.807) is 11.8 Å². The van der Waals surface area contributed by atoms with Crippen LogP contribution in [0.15, 0.2) is 46.2 Å². The van der Waals surface area contributed by atoms with E-state index < -0.39 is 16.2 Å². The smallest absolute Gasteiger partial charge is 0.239 e. The number of sulfonamides is 1. The molecule has 0 aromatic heterocycles. The molecule has 0 spiro atoms. The summed E-state index contributed by atoms with van der Waals surface area (Å²) in [4.78, 5) is 0.890. The van der Waals surface area contributed by atoms with Crippen molar-refractivity contribution in [2.45, 2.75) is 52.8 Å². The Hall–Kier alpha value is -1.54. The molecule has 0 radical (unpaired) electrons. The summed E-state index contributed by atoms with van der Waals surface area (Å²) in [6.07, 6.45) is 3.78. The van der Waals surface area contributed by atoms with Crippen molar-refractivity contribution in [3.05, 3.63) is 47.5 Å². The Bertz CT molecular complexity index is 1090. The van der Waals surface area contributed by atoms with Gasteiger partial charge in [-0.05, 0) is 80.5 Å². The monoisotopic (exact) mass is 503 g/mol. The van der Waals surface area contributed by atoms with Crippen molar-refractivity contribution in [3.8, 4) is 11.1 Å². The number of nitrogens with one attached hydrogen (secondary N) is 6. The molecule has 3 aliphatic heterocycles. The molecule has 2 aromatic rings. The summed E-state index contributed by atoms with van der Waals surface area (Å²) in [6, 6.07) is 12.5. The lowest BCUT2D eigenvalue weighted by molar-refractivity contribution is 0.460. The van der Waals surface area contributed by atoms with Crippen LogP contribution in [0.1, 0.15) is 48.9 Å². The minimum Gasteiger partial charge on any atom is -0.317 e. The molecule has 3 heterocycles. The maximum absolute atomic E-state index is 13.0. The molecular weight excluding hydrogens is 470 g/mol. The Kier molecular flexibility index (Phi) is 7.54. The summed E-state index contributed by atoms with van der Waals surface area (Å²) in [5, 5.41) is 13.0. The summed E-state index contributed by atoms with van der Waals surface area (Å²) >= 11 is 1.61. The molecular formula is C23H33N7O2S2. The number of hydrogen-bond donors (Lipinski definition) is 7. The Balaban J connectivity index is 1.56. The van der Waals surface area contributed by atoms with Crippen molar-refractivity contribution in [3.63, 3.8) is 0 Å². The largest absolute Gasteiger partial charge is 0.317 e. The van der Waals surface area contributed by atoms with Gasteiger partial charge in [-0.1, -0.05) is 30.3 Å². The van der Waals surface area contributed by atoms with Gasteiger partial charge in [0, 0.05) is 15.7 Å². The second-order valence-corrected chi connectivity index (χ2v) is 11.9. The third kappa shape index (κ3) is 5.32. The van der Waals surface area contributed by atoms with Gasteiger partial charge >= 0.3 is 0 Å². The summed E-state index contributed by atoms with van der Waals surface area (Å²) in [7, 11) is -3.99. The van der Waals surface area contributed by atoms with Gasteiger partial charge in [-0.2, -0.15) is 11.1 Å². The van der Waals surface area contributed by atoms with E-state index in [2.05, 4.69) is 56.8 Å². The fourth-order valence-electron chi connectivity index (χ4n) is 5.08. The predicted octanol–water partition coefficient (Wildman–Crippen LogP) is 1.43. The maximum Gasteiger partial charge on any atom is 0.239 e. The van der Waals surface area contributed by atoms with Crippen molar-refractivity contribution in [2.75, 3.05) is 26.2 Å². The first-order valence-corrected chi connectivity index (χ1v) is 14.3. The van der Waals surface area contributed by atoms with Crippen LogP contribution >= 0.6 is 11.8 Å². The molecule has 8 N–H and O–H groups in total. The quantitative estimate of drug-likeness (QED) is 0.313. The van der Waals surface area contributed by atoms with Crippen LogP contribution in [0.25, 0.3) is 11.1 Å². The minimum atomic E-state index is -3.99. The number of piperidine rings is 2. The number of hydrazine groups is 3. The van der Waals surface area contributed by atoms with Crippen LogP contribution in [0.2, 0.25) is 0 Å². The zero-order valence-corrected chi connectivity index (χ0v) is 20.7. The van der Waals surface area contributed by atoms with Gasteiger partial charge in [-0.3, -0.25) is 0 Å². The van der Waals surface area contributed by atoms with Gasteiger partial charge in [-0.25, -0.2) is 24.4 Å². The van der Waals surface area contributed by atoms with Crippen LogP contribution in [-0.4, -0.2) is 39.8 Å². The van der Waals surface area contributed by atoms with Crippen LogP contribution in [0.4, 0.5) is 0 Å². The molecule has 0 saturated carbocycles. The number of thioether (sulfide) groups is 1. The topological polar surface area (TPSA) is 132 Å². The average molecular weight is 504 g/mol. The molecule has 3 fully saturated rings. The number of primary sulfonamides is 1. The normalized spacial score (nSPS) is 21.2. The zero-order valence-electron chi connectivity index (χ0n) is 19.1. The summed E-state index contributed by atoms with van der Waals surface area (Å²) < 4.78 is 25.9. The van der Waals surface area contributed by atoms with Gasteiger partial charge < -0.3 is 10.6 Å². The van der Waals surface area contributed by atoms with Gasteiger partial charge in [0.2, 0.25) is 10.0 Å². The highest BCUT2D eigenvalue weighted by Crippen LogP contribution is 2.41. The second kappa shape index (κ2) is 10.6. The summed E-state index contributed by atoms with van der Waals surface area (Å²) in [5.41, 5.74) is 15.5. The SMILES string of the molecule is NS(=O)(=O)c1c(SC2CCNCC2)ccc(-c2ccc(C3CCNCC3)cc2)c1C1NNNN1. The first kappa shape index (κ1) is 24.2. The fraction of sp³-hybridized carbons (Fsp3) is 0.478. The fourth-order valence-corrected chi connectivity index (χ4v) is 7.65. The van der Waals surface area contributed by atoms with Crippen molar-refractivity contribution in [2.24, 2.45) is 5.14 Å². The van der Waals surface area contributed by atoms with Gasteiger partial charge in [-0.15, -0.1) is 11.8 Å². The first-order chi connectivity index (χ1) is 16.5. The van der Waals surface area contributed by atoms with Crippen molar-refractivity contribution in [1.82, 2.24) is 32.6 Å². The number of hydrogen-bond acceptors (Lipinski definition) is 9. The molecule has 0 amide bonds. The molecule has 0 atom stereocenters. The minimum absolute atomic E-state index is 0.187. The highest BCUT2D eigenvalue weighted by Gasteiger charge is 2.31. The third-order valence-electron chi connectivity index (χ3n) is 6.84. The molecule has 11 heteroatoms. The molecule has 2 aromatic carbocycles. The van der Waals surface area contributed by atoms with Gasteiger partial charge in [0.25, 0.3) is 0 Å². The summed E-state index contributed by atoms with van der Waals surface area (Å²) in [6.45, 7) is 3.97. The Morgan fingerprint density at radius 1 is 0.824 bits per heavy atom. The molecule has 0 bridgehead atoms. The van der Waals surface area contributed by atoms with Crippen LogP contribution in [0, 0.1) is 0 Å². The maximum atomic E-state index is 13.0. The molecule has 184 valence electrons. The highest BCUT2D eigenvalue weighted by atomic mass is 32.2. The van der Waals surface area contributed by atoms with E-state index in [4.69, 9.17) is 5.14 Å². The van der Waals surface area contributed by atoms with E-state index >= 15 is 0 Å². The van der Waals surface area contributed by atoms with E-state index in [9.17, 15) is 8.42 Å². The molecule has 0 unspecified atom stereocenters. The van der Waals surface area contributed by atoms with E-state index in [1.807, 2.05) is 12.1 Å². The van der Waals surface area contributed by atoms with E-state index in [-0.39, 0.29) is 4.90 Å². The van der Waals surface area contributed by atoms with Crippen LogP contribution < -0.4 is 37.7 Å². The molecule has 0 aliphatic carbocycles. The lowest BCUT2D eigenvalue weighted by Gasteiger charge is -2.26. The van der Waals surface area contributed by atoms with Crippen molar-refractivity contribution in [1.29, 1.82) is 0 Å². The lowest BCUT2D eigenvalue weighted by Crippen LogP contribution is -2.33. The van der Waals surface area contributed by atoms with Crippen molar-refractivity contribution >= 4 is 21.8 Å². The first-order valence-electron chi connectivity index (χ1n) is 11.9. The van der Waals surface area contributed by atoms with E-state index in [0.717, 1.165) is 63.0 Å². The number of rotatable bonds is 6. The molecule has 5 rings (SSSR count). The van der Waals surface area contributed by atoms with Gasteiger partial charge in [0.1, 0.15) is 11.1 Å². The van der Waals surface area contributed by atoms with Gasteiger partial charge in [0.15, 0.2) is 0 Å². The molecule has 3 aliphatic rings. The van der Waals surface area contributed by atoms with Crippen molar-refractivity contribution < 1.29 is 8.42 Å².